The molecule has 0 aliphatic heterocycles. The van der Waals surface area contributed by atoms with Gasteiger partial charge in [-0.25, -0.2) is 17.6 Å². The van der Waals surface area contributed by atoms with Gasteiger partial charge in [0.15, 0.2) is 33.0 Å². The molecular formula is C19H22F4O3Si. The van der Waals surface area contributed by atoms with Crippen LogP contribution in [0.5, 0.6) is 0 Å². The normalized spacial score (nSPS) is 12.3. The van der Waals surface area contributed by atoms with Gasteiger partial charge in [-0.3, -0.25) is 0 Å². The van der Waals surface area contributed by atoms with E-state index in [4.69, 9.17) is 13.9 Å². The van der Waals surface area contributed by atoms with Crippen molar-refractivity contribution in [2.24, 2.45) is 0 Å². The molecule has 0 atom stereocenters. The maximum absolute atomic E-state index is 13.9. The topological polar surface area (TPSA) is 27.7 Å². The second-order valence-electron chi connectivity index (χ2n) is 6.51. The highest BCUT2D eigenvalue weighted by atomic mass is 28.2. The van der Waals surface area contributed by atoms with Crippen molar-refractivity contribution < 1.29 is 31.5 Å². The van der Waals surface area contributed by atoms with Gasteiger partial charge in [-0.1, -0.05) is 24.3 Å². The van der Waals surface area contributed by atoms with Crippen LogP contribution in [0.4, 0.5) is 17.6 Å². The lowest BCUT2D eigenvalue weighted by molar-refractivity contribution is -0.274. The lowest BCUT2D eigenvalue weighted by atomic mass is 10.0. The van der Waals surface area contributed by atoms with Crippen LogP contribution in [-0.2, 0) is 13.9 Å². The Kier molecular flexibility index (Phi) is 7.55. The molecule has 2 rings (SSSR count). The van der Waals surface area contributed by atoms with E-state index in [1.165, 1.54) is 12.1 Å². The molecule has 2 aromatic carbocycles. The zero-order valence-corrected chi connectivity index (χ0v) is 17.0. The zero-order chi connectivity index (χ0) is 20.1. The average molecular weight is 402 g/mol. The van der Waals surface area contributed by atoms with E-state index in [-0.39, 0.29) is 23.3 Å². The maximum atomic E-state index is 13.9. The number of halogens is 4. The summed E-state index contributed by atoms with van der Waals surface area (Å²) in [6.07, 6.45) is -0.146. The molecule has 8 heteroatoms. The van der Waals surface area contributed by atoms with Gasteiger partial charge in [0, 0.05) is 5.56 Å². The minimum absolute atomic E-state index is 0.0728. The van der Waals surface area contributed by atoms with Crippen LogP contribution in [0.3, 0.4) is 0 Å². The molecule has 0 unspecified atom stereocenters. The van der Waals surface area contributed by atoms with E-state index in [2.05, 4.69) is 0 Å². The van der Waals surface area contributed by atoms with Crippen LogP contribution in [-0.4, -0.2) is 28.4 Å². The molecule has 0 fully saturated rings. The molecule has 0 aromatic heterocycles. The predicted octanol–water partition coefficient (Wildman–Crippen LogP) is 3.77. The molecule has 0 amide bonds. The fourth-order valence-electron chi connectivity index (χ4n) is 2.28. The Bertz CT molecular complexity index is 757. The van der Waals surface area contributed by atoms with Crippen molar-refractivity contribution >= 4 is 14.9 Å². The second kappa shape index (κ2) is 9.45. The van der Waals surface area contributed by atoms with E-state index in [0.29, 0.717) is 6.07 Å². The summed E-state index contributed by atoms with van der Waals surface area (Å²) in [6, 6.07) is 6.98. The van der Waals surface area contributed by atoms with Gasteiger partial charge in [0.05, 0.1) is 12.2 Å². The van der Waals surface area contributed by atoms with Crippen molar-refractivity contribution in [2.75, 3.05) is 0 Å². The number of hydrogen-bond donors (Lipinski definition) is 0. The number of ether oxygens (including phenoxy) is 2. The highest BCUT2D eigenvalue weighted by Crippen LogP contribution is 2.27. The SMILES string of the molecule is CC(C)OC(O[SiH2]c1ccc(-c2cc(F)c(F)c(F)c2F)cc1)OC(C)C. The van der Waals surface area contributed by atoms with E-state index >= 15 is 0 Å². The Labute approximate surface area is 158 Å². The Hall–Kier alpha value is -1.74. The minimum atomic E-state index is -1.83. The second-order valence-corrected chi connectivity index (χ2v) is 7.95. The molecule has 0 saturated carbocycles. The lowest BCUT2D eigenvalue weighted by Gasteiger charge is -2.23. The summed E-state index contributed by atoms with van der Waals surface area (Å²) >= 11 is 0. The van der Waals surface area contributed by atoms with Crippen LogP contribution in [0.2, 0.25) is 0 Å². The molecule has 2 aromatic rings. The van der Waals surface area contributed by atoms with Crippen molar-refractivity contribution in [3.05, 3.63) is 53.6 Å². The average Bonchev–Trinajstić information content (AvgIpc) is 2.60. The van der Waals surface area contributed by atoms with Crippen LogP contribution in [0, 0.1) is 23.3 Å². The van der Waals surface area contributed by atoms with Gasteiger partial charge < -0.3 is 13.9 Å². The van der Waals surface area contributed by atoms with Crippen molar-refractivity contribution in [3.63, 3.8) is 0 Å². The van der Waals surface area contributed by atoms with Crippen LogP contribution in [0.15, 0.2) is 30.3 Å². The Balaban J connectivity index is 2.11. The molecular weight excluding hydrogens is 380 g/mol. The molecule has 0 bridgehead atoms. The first kappa shape index (κ1) is 21.6. The molecule has 0 saturated heterocycles. The first-order valence-corrected chi connectivity index (χ1v) is 9.82. The standard InChI is InChI=1S/C19H22F4O3Si/c1-10(2)24-19(25-11(3)4)26-27-13-7-5-12(6-8-13)14-9-15(20)17(22)18(23)16(14)21/h5-11,19H,27H2,1-4H3. The Morgan fingerprint density at radius 2 is 1.33 bits per heavy atom. The summed E-state index contributed by atoms with van der Waals surface area (Å²) in [4.78, 5) is 0. The van der Waals surface area contributed by atoms with Gasteiger partial charge in [0.1, 0.15) is 0 Å². The van der Waals surface area contributed by atoms with Crippen molar-refractivity contribution in [1.82, 2.24) is 0 Å². The van der Waals surface area contributed by atoms with E-state index in [9.17, 15) is 17.6 Å². The van der Waals surface area contributed by atoms with E-state index < -0.39 is 39.5 Å². The summed E-state index contributed by atoms with van der Waals surface area (Å²) in [5.41, 5.74) is -0.110. The zero-order valence-electron chi connectivity index (χ0n) is 15.6. The van der Waals surface area contributed by atoms with Gasteiger partial charge in [-0.05, 0) is 44.5 Å². The third kappa shape index (κ3) is 5.87. The Morgan fingerprint density at radius 1 is 0.778 bits per heavy atom. The fraction of sp³-hybridized carbons (Fsp3) is 0.368. The first-order chi connectivity index (χ1) is 12.7. The van der Waals surface area contributed by atoms with E-state index in [1.54, 1.807) is 12.1 Å². The fourth-order valence-corrected chi connectivity index (χ4v) is 3.20. The highest BCUT2D eigenvalue weighted by Gasteiger charge is 2.20. The summed E-state index contributed by atoms with van der Waals surface area (Å²) in [5.74, 6) is -6.52. The molecule has 148 valence electrons. The summed E-state index contributed by atoms with van der Waals surface area (Å²) in [6.45, 7) is 6.68. The summed E-state index contributed by atoms with van der Waals surface area (Å²) in [7, 11) is -1.22. The molecule has 3 nitrogen and oxygen atoms in total. The maximum Gasteiger partial charge on any atom is 0.262 e. The number of rotatable bonds is 8. The van der Waals surface area contributed by atoms with Crippen LogP contribution in [0.1, 0.15) is 27.7 Å². The third-order valence-electron chi connectivity index (χ3n) is 3.52. The van der Waals surface area contributed by atoms with E-state index in [0.717, 1.165) is 5.19 Å². The van der Waals surface area contributed by atoms with Gasteiger partial charge in [0.25, 0.3) is 6.48 Å². The molecule has 27 heavy (non-hydrogen) atoms. The summed E-state index contributed by atoms with van der Waals surface area (Å²) in [5, 5.41) is 0.854. The number of hydrogen-bond acceptors (Lipinski definition) is 3. The van der Waals surface area contributed by atoms with E-state index in [1.807, 2.05) is 27.7 Å². The van der Waals surface area contributed by atoms with Crippen LogP contribution in [0.25, 0.3) is 11.1 Å². The molecule has 0 heterocycles. The van der Waals surface area contributed by atoms with Crippen molar-refractivity contribution in [3.8, 4) is 11.1 Å². The van der Waals surface area contributed by atoms with Crippen molar-refractivity contribution in [1.29, 1.82) is 0 Å². The smallest absolute Gasteiger partial charge is 0.262 e. The minimum Gasteiger partial charge on any atom is -0.373 e. The highest BCUT2D eigenvalue weighted by molar-refractivity contribution is 6.46. The monoisotopic (exact) mass is 402 g/mol. The first-order valence-electron chi connectivity index (χ1n) is 8.53. The molecule has 0 radical (unpaired) electrons. The van der Waals surface area contributed by atoms with Gasteiger partial charge in [0.2, 0.25) is 0 Å². The largest absolute Gasteiger partial charge is 0.373 e. The molecule has 0 aliphatic carbocycles. The molecule has 0 spiro atoms. The van der Waals surface area contributed by atoms with Crippen LogP contribution >= 0.6 is 0 Å². The van der Waals surface area contributed by atoms with Gasteiger partial charge in [-0.15, -0.1) is 0 Å². The third-order valence-corrected chi connectivity index (χ3v) is 4.76. The van der Waals surface area contributed by atoms with Crippen LogP contribution < -0.4 is 5.19 Å². The lowest BCUT2D eigenvalue weighted by Crippen LogP contribution is -2.32. The predicted molar refractivity (Wildman–Crippen MR) is 97.2 cm³/mol. The van der Waals surface area contributed by atoms with Gasteiger partial charge in [-0.2, -0.15) is 0 Å². The Morgan fingerprint density at radius 3 is 1.85 bits per heavy atom. The number of benzene rings is 2. The molecule has 0 aliphatic rings. The van der Waals surface area contributed by atoms with Gasteiger partial charge >= 0.3 is 0 Å². The quantitative estimate of drug-likeness (QED) is 0.221. The van der Waals surface area contributed by atoms with Crippen molar-refractivity contribution in [2.45, 2.75) is 46.4 Å². The summed E-state index contributed by atoms with van der Waals surface area (Å²) < 4.78 is 70.6. The molecule has 0 N–H and O–H groups in total.